The van der Waals surface area contributed by atoms with Crippen LogP contribution in [0.2, 0.25) is 5.15 Å². The van der Waals surface area contributed by atoms with Gasteiger partial charge in [0, 0.05) is 26.7 Å². The summed E-state index contributed by atoms with van der Waals surface area (Å²) in [4.78, 5) is 14.1. The Morgan fingerprint density at radius 3 is 2.82 bits per heavy atom. The van der Waals surface area contributed by atoms with Crippen molar-refractivity contribution in [3.63, 3.8) is 0 Å². The quantitative estimate of drug-likeness (QED) is 0.852. The highest BCUT2D eigenvalue weighted by Crippen LogP contribution is 2.21. The number of rotatable bonds is 2. The molecule has 94 valence electrons. The molecule has 0 bridgehead atoms. The lowest BCUT2D eigenvalue weighted by Crippen LogP contribution is -2.38. The van der Waals surface area contributed by atoms with E-state index in [2.05, 4.69) is 10.4 Å². The Morgan fingerprint density at radius 2 is 2.35 bits per heavy atom. The zero-order chi connectivity index (χ0) is 12.6. The standard InChI is InChI=1S/C11H17ClN4O/c1-7-9(10(12)16(3)14-7)11(17)15(2)8-4-5-13-6-8/h8,13H,4-6H2,1-3H3. The molecule has 6 heteroatoms. The molecule has 1 fully saturated rings. The van der Waals surface area contributed by atoms with Crippen molar-refractivity contribution in [2.24, 2.45) is 7.05 Å². The van der Waals surface area contributed by atoms with E-state index in [4.69, 9.17) is 11.6 Å². The summed E-state index contributed by atoms with van der Waals surface area (Å²) >= 11 is 6.10. The average molecular weight is 257 g/mol. The first-order chi connectivity index (χ1) is 8.02. The fourth-order valence-corrected chi connectivity index (χ4v) is 2.44. The maximum Gasteiger partial charge on any atom is 0.258 e. The molecule has 1 N–H and O–H groups in total. The van der Waals surface area contributed by atoms with Gasteiger partial charge in [0.05, 0.1) is 11.3 Å². The number of nitrogens with one attached hydrogen (secondary N) is 1. The molecule has 17 heavy (non-hydrogen) atoms. The maximum absolute atomic E-state index is 12.3. The van der Waals surface area contributed by atoms with Crippen LogP contribution in [-0.4, -0.2) is 46.8 Å². The lowest BCUT2D eigenvalue weighted by molar-refractivity contribution is 0.0743. The molecule has 0 radical (unpaired) electrons. The van der Waals surface area contributed by atoms with Crippen molar-refractivity contribution < 1.29 is 4.79 Å². The number of hydrogen-bond acceptors (Lipinski definition) is 3. The molecule has 1 unspecified atom stereocenters. The Kier molecular flexibility index (Phi) is 3.40. The van der Waals surface area contributed by atoms with E-state index in [1.807, 2.05) is 7.05 Å². The summed E-state index contributed by atoms with van der Waals surface area (Å²) in [6, 6.07) is 0.248. The minimum absolute atomic E-state index is 0.0469. The second kappa shape index (κ2) is 4.66. The molecule has 2 rings (SSSR count). The lowest BCUT2D eigenvalue weighted by atomic mass is 10.2. The predicted molar refractivity (Wildman–Crippen MR) is 66.3 cm³/mol. The van der Waals surface area contributed by atoms with Gasteiger partial charge in [-0.25, -0.2) is 0 Å². The van der Waals surface area contributed by atoms with E-state index in [1.54, 1.807) is 18.9 Å². The molecule has 0 aliphatic carbocycles. The van der Waals surface area contributed by atoms with Crippen molar-refractivity contribution in [1.29, 1.82) is 0 Å². The van der Waals surface area contributed by atoms with Gasteiger partial charge >= 0.3 is 0 Å². The van der Waals surface area contributed by atoms with E-state index in [0.29, 0.717) is 16.4 Å². The molecule has 1 amide bonds. The summed E-state index contributed by atoms with van der Waals surface area (Å²) in [5, 5.41) is 7.82. The highest BCUT2D eigenvalue weighted by molar-refractivity contribution is 6.33. The number of amides is 1. The van der Waals surface area contributed by atoms with Crippen LogP contribution in [0.5, 0.6) is 0 Å². The number of nitrogens with zero attached hydrogens (tertiary/aromatic N) is 3. The topological polar surface area (TPSA) is 50.2 Å². The van der Waals surface area contributed by atoms with E-state index in [-0.39, 0.29) is 11.9 Å². The van der Waals surface area contributed by atoms with E-state index in [9.17, 15) is 4.79 Å². The fraction of sp³-hybridized carbons (Fsp3) is 0.636. The third-order valence-corrected chi connectivity index (χ3v) is 3.70. The molecule has 1 aliphatic heterocycles. The Labute approximate surface area is 106 Å². The zero-order valence-corrected chi connectivity index (χ0v) is 11.1. The smallest absolute Gasteiger partial charge is 0.258 e. The molecule has 1 aliphatic rings. The number of aromatic nitrogens is 2. The van der Waals surface area contributed by atoms with Gasteiger partial charge in [-0.2, -0.15) is 5.10 Å². The van der Waals surface area contributed by atoms with Crippen molar-refractivity contribution in [3.8, 4) is 0 Å². The van der Waals surface area contributed by atoms with Gasteiger partial charge in [-0.15, -0.1) is 0 Å². The fourth-order valence-electron chi connectivity index (χ4n) is 2.19. The van der Waals surface area contributed by atoms with Crippen molar-refractivity contribution in [2.45, 2.75) is 19.4 Å². The molecule has 0 saturated carbocycles. The maximum atomic E-state index is 12.3. The molecular weight excluding hydrogens is 240 g/mol. The monoisotopic (exact) mass is 256 g/mol. The summed E-state index contributed by atoms with van der Waals surface area (Å²) in [5.41, 5.74) is 1.20. The van der Waals surface area contributed by atoms with Gasteiger partial charge in [0.1, 0.15) is 5.15 Å². The van der Waals surface area contributed by atoms with Gasteiger partial charge in [0.25, 0.3) is 5.91 Å². The van der Waals surface area contributed by atoms with Crippen LogP contribution in [0.15, 0.2) is 0 Å². The summed E-state index contributed by atoms with van der Waals surface area (Å²) in [6.07, 6.45) is 0.985. The van der Waals surface area contributed by atoms with Crippen LogP contribution in [0.4, 0.5) is 0 Å². The third kappa shape index (κ3) is 2.17. The van der Waals surface area contributed by atoms with Crippen LogP contribution in [0, 0.1) is 6.92 Å². The number of carbonyl (C=O) groups is 1. The van der Waals surface area contributed by atoms with Crippen molar-refractivity contribution in [2.75, 3.05) is 20.1 Å². The molecule has 0 spiro atoms. The normalized spacial score (nSPS) is 19.6. The van der Waals surface area contributed by atoms with Crippen molar-refractivity contribution in [1.82, 2.24) is 20.0 Å². The SMILES string of the molecule is Cc1nn(C)c(Cl)c1C(=O)N(C)C1CCNC1. The predicted octanol–water partition coefficient (Wildman–Crippen LogP) is 0.816. The van der Waals surface area contributed by atoms with Crippen LogP contribution in [0.25, 0.3) is 0 Å². The van der Waals surface area contributed by atoms with Gasteiger partial charge in [0.2, 0.25) is 0 Å². The first kappa shape index (κ1) is 12.4. The van der Waals surface area contributed by atoms with Crippen molar-refractivity contribution in [3.05, 3.63) is 16.4 Å². The van der Waals surface area contributed by atoms with Crippen LogP contribution in [0.3, 0.4) is 0 Å². The van der Waals surface area contributed by atoms with Gasteiger partial charge < -0.3 is 10.2 Å². The van der Waals surface area contributed by atoms with Crippen LogP contribution in [-0.2, 0) is 7.05 Å². The summed E-state index contributed by atoms with van der Waals surface area (Å²) in [6.45, 7) is 3.61. The van der Waals surface area contributed by atoms with Gasteiger partial charge in [0.15, 0.2) is 0 Å². The van der Waals surface area contributed by atoms with Gasteiger partial charge in [-0.3, -0.25) is 9.48 Å². The van der Waals surface area contributed by atoms with E-state index < -0.39 is 0 Å². The molecule has 1 aromatic rings. The second-order valence-corrected chi connectivity index (χ2v) is 4.80. The lowest BCUT2D eigenvalue weighted by Gasteiger charge is -2.23. The Hall–Kier alpha value is -1.07. The van der Waals surface area contributed by atoms with E-state index in [1.165, 1.54) is 4.68 Å². The summed E-state index contributed by atoms with van der Waals surface area (Å²) < 4.78 is 1.53. The largest absolute Gasteiger partial charge is 0.337 e. The second-order valence-electron chi connectivity index (χ2n) is 4.44. The molecular formula is C11H17ClN4O. The molecule has 1 atom stereocenters. The Balaban J connectivity index is 2.24. The van der Waals surface area contributed by atoms with E-state index in [0.717, 1.165) is 19.5 Å². The Bertz CT molecular complexity index is 437. The highest BCUT2D eigenvalue weighted by atomic mass is 35.5. The third-order valence-electron chi connectivity index (χ3n) is 3.27. The number of hydrogen-bond donors (Lipinski definition) is 1. The molecule has 1 saturated heterocycles. The molecule has 2 heterocycles. The number of aryl methyl sites for hydroxylation is 2. The Morgan fingerprint density at radius 1 is 1.65 bits per heavy atom. The minimum atomic E-state index is -0.0469. The first-order valence-electron chi connectivity index (χ1n) is 5.69. The average Bonchev–Trinajstić information content (AvgIpc) is 2.87. The molecule has 0 aromatic carbocycles. The summed E-state index contributed by atoms with van der Waals surface area (Å²) in [7, 11) is 3.56. The minimum Gasteiger partial charge on any atom is -0.337 e. The van der Waals surface area contributed by atoms with E-state index >= 15 is 0 Å². The van der Waals surface area contributed by atoms with Crippen LogP contribution in [0.1, 0.15) is 22.5 Å². The van der Waals surface area contributed by atoms with Crippen LogP contribution < -0.4 is 5.32 Å². The molecule has 5 nitrogen and oxygen atoms in total. The zero-order valence-electron chi connectivity index (χ0n) is 10.3. The molecule has 1 aromatic heterocycles. The number of halogens is 1. The number of carbonyl (C=O) groups excluding carboxylic acids is 1. The first-order valence-corrected chi connectivity index (χ1v) is 6.07. The van der Waals surface area contributed by atoms with Crippen LogP contribution >= 0.6 is 11.6 Å². The number of likely N-dealkylation sites (N-methyl/N-ethyl adjacent to an activating group) is 1. The van der Waals surface area contributed by atoms with Gasteiger partial charge in [-0.1, -0.05) is 11.6 Å². The highest BCUT2D eigenvalue weighted by Gasteiger charge is 2.28. The van der Waals surface area contributed by atoms with Crippen molar-refractivity contribution >= 4 is 17.5 Å². The summed E-state index contributed by atoms with van der Waals surface area (Å²) in [5.74, 6) is -0.0469. The van der Waals surface area contributed by atoms with Gasteiger partial charge in [-0.05, 0) is 19.9 Å².